The van der Waals surface area contributed by atoms with Gasteiger partial charge in [-0.05, 0) is 67.2 Å². The van der Waals surface area contributed by atoms with Crippen molar-refractivity contribution >= 4 is 0 Å². The van der Waals surface area contributed by atoms with Crippen LogP contribution < -0.4 is 0 Å². The van der Waals surface area contributed by atoms with E-state index in [0.29, 0.717) is 5.75 Å². The molecular formula is C21H36O. The molecule has 0 amide bonds. The fourth-order valence-electron chi connectivity index (χ4n) is 3.23. The summed E-state index contributed by atoms with van der Waals surface area (Å²) in [7, 11) is 0. The largest absolute Gasteiger partial charge is 0.507 e. The van der Waals surface area contributed by atoms with Crippen LogP contribution >= 0.6 is 0 Å². The van der Waals surface area contributed by atoms with Crippen molar-refractivity contribution in [3.8, 4) is 5.75 Å². The van der Waals surface area contributed by atoms with Gasteiger partial charge in [0.1, 0.15) is 5.75 Å². The van der Waals surface area contributed by atoms with Crippen molar-refractivity contribution in [1.82, 2.24) is 0 Å². The number of phenolic OH excluding ortho intramolecular Hbond substituents is 1. The zero-order valence-electron chi connectivity index (χ0n) is 15.3. The zero-order valence-corrected chi connectivity index (χ0v) is 15.3. The van der Waals surface area contributed by atoms with E-state index < -0.39 is 0 Å². The Bertz CT molecular complexity index is 434. The van der Waals surface area contributed by atoms with E-state index in [1.807, 2.05) is 0 Å². The van der Waals surface area contributed by atoms with Gasteiger partial charge in [-0.1, -0.05) is 59.4 Å². The quantitative estimate of drug-likeness (QED) is 0.503. The van der Waals surface area contributed by atoms with Crippen LogP contribution in [0, 0.1) is 0 Å². The van der Waals surface area contributed by atoms with Gasteiger partial charge in [-0.15, -0.1) is 0 Å². The van der Waals surface area contributed by atoms with Crippen molar-refractivity contribution in [3.05, 3.63) is 28.3 Å². The molecule has 0 heterocycles. The third-order valence-electron chi connectivity index (χ3n) is 4.57. The van der Waals surface area contributed by atoms with Gasteiger partial charge in [0.2, 0.25) is 0 Å². The van der Waals surface area contributed by atoms with E-state index in [0.717, 1.165) is 25.7 Å². The van der Waals surface area contributed by atoms with Crippen LogP contribution in [0.25, 0.3) is 0 Å². The lowest BCUT2D eigenvalue weighted by molar-refractivity contribution is 0.456. The molecule has 0 unspecified atom stereocenters. The van der Waals surface area contributed by atoms with Crippen molar-refractivity contribution in [2.75, 3.05) is 0 Å². The molecule has 0 aromatic heterocycles. The first-order valence-electron chi connectivity index (χ1n) is 9.54. The lowest BCUT2D eigenvalue weighted by Gasteiger charge is -2.20. The summed E-state index contributed by atoms with van der Waals surface area (Å²) in [6, 6.07) is 2.31. The summed E-state index contributed by atoms with van der Waals surface area (Å²) in [5, 5.41) is 10.8. The smallest absolute Gasteiger partial charge is 0.122 e. The summed E-state index contributed by atoms with van der Waals surface area (Å²) in [6.07, 6.45) is 12.7. The van der Waals surface area contributed by atoms with Gasteiger partial charge < -0.3 is 5.11 Å². The molecule has 0 radical (unpaired) electrons. The Morgan fingerprint density at radius 2 is 1.18 bits per heavy atom. The van der Waals surface area contributed by atoms with Crippen LogP contribution in [0.3, 0.4) is 0 Å². The summed E-state index contributed by atoms with van der Waals surface area (Å²) >= 11 is 0. The predicted molar refractivity (Wildman–Crippen MR) is 97.9 cm³/mol. The molecule has 126 valence electrons. The van der Waals surface area contributed by atoms with Crippen molar-refractivity contribution in [3.63, 3.8) is 0 Å². The van der Waals surface area contributed by atoms with Gasteiger partial charge in [0.15, 0.2) is 0 Å². The number of hydrogen-bond acceptors (Lipinski definition) is 1. The number of rotatable bonds is 11. The van der Waals surface area contributed by atoms with E-state index in [2.05, 4.69) is 33.8 Å². The highest BCUT2D eigenvalue weighted by molar-refractivity contribution is 5.50. The first-order valence-corrected chi connectivity index (χ1v) is 9.54. The molecule has 0 saturated carbocycles. The number of phenols is 1. The standard InChI is InChI=1S/C21H36O/c1-5-9-13-18-16-17(12-8-4)19(14-10-6-2)20(21(18)22)15-11-7-3/h16,22H,5-15H2,1-4H3. The topological polar surface area (TPSA) is 20.2 Å². The fraction of sp³-hybridized carbons (Fsp3) is 0.714. The molecule has 1 aromatic carbocycles. The van der Waals surface area contributed by atoms with E-state index in [4.69, 9.17) is 0 Å². The molecule has 0 fully saturated rings. The van der Waals surface area contributed by atoms with Crippen LogP contribution in [0.15, 0.2) is 6.07 Å². The molecule has 1 nitrogen and oxygen atoms in total. The molecule has 1 rings (SSSR count). The van der Waals surface area contributed by atoms with Crippen LogP contribution in [-0.4, -0.2) is 5.11 Å². The number of hydrogen-bond donors (Lipinski definition) is 1. The summed E-state index contributed by atoms with van der Waals surface area (Å²) in [5.41, 5.74) is 5.44. The van der Waals surface area contributed by atoms with E-state index in [1.165, 1.54) is 67.2 Å². The lowest BCUT2D eigenvalue weighted by atomic mass is 9.87. The summed E-state index contributed by atoms with van der Waals surface area (Å²) in [4.78, 5) is 0. The second kappa shape index (κ2) is 10.7. The van der Waals surface area contributed by atoms with Crippen molar-refractivity contribution in [1.29, 1.82) is 0 Å². The average molecular weight is 305 g/mol. The summed E-state index contributed by atoms with van der Waals surface area (Å²) < 4.78 is 0. The van der Waals surface area contributed by atoms with Gasteiger partial charge >= 0.3 is 0 Å². The number of aryl methyl sites for hydroxylation is 2. The molecule has 1 N–H and O–H groups in total. The summed E-state index contributed by atoms with van der Waals surface area (Å²) in [6.45, 7) is 8.96. The van der Waals surface area contributed by atoms with Gasteiger partial charge in [-0.25, -0.2) is 0 Å². The molecule has 0 saturated heterocycles. The van der Waals surface area contributed by atoms with Gasteiger partial charge in [-0.2, -0.15) is 0 Å². The first-order chi connectivity index (χ1) is 10.7. The molecule has 1 heteroatoms. The molecule has 0 aliphatic heterocycles. The molecule has 0 aliphatic rings. The number of unbranched alkanes of at least 4 members (excludes halogenated alkanes) is 3. The van der Waals surface area contributed by atoms with Gasteiger partial charge in [0.05, 0.1) is 0 Å². The lowest BCUT2D eigenvalue weighted by Crippen LogP contribution is -2.05. The minimum Gasteiger partial charge on any atom is -0.507 e. The maximum absolute atomic E-state index is 10.8. The van der Waals surface area contributed by atoms with Crippen LogP contribution in [0.5, 0.6) is 5.75 Å². The third-order valence-corrected chi connectivity index (χ3v) is 4.57. The highest BCUT2D eigenvalue weighted by atomic mass is 16.3. The van der Waals surface area contributed by atoms with Crippen molar-refractivity contribution in [2.24, 2.45) is 0 Å². The van der Waals surface area contributed by atoms with Crippen molar-refractivity contribution < 1.29 is 5.11 Å². The SMILES string of the molecule is CCCCc1cc(CCC)c(CCCC)c(CCCC)c1O. The summed E-state index contributed by atoms with van der Waals surface area (Å²) in [5.74, 6) is 0.618. The molecule has 0 spiro atoms. The monoisotopic (exact) mass is 304 g/mol. The molecule has 22 heavy (non-hydrogen) atoms. The maximum atomic E-state index is 10.8. The highest BCUT2D eigenvalue weighted by Gasteiger charge is 2.16. The van der Waals surface area contributed by atoms with Gasteiger partial charge in [0, 0.05) is 0 Å². The Hall–Kier alpha value is -0.980. The minimum absolute atomic E-state index is 0.618. The third kappa shape index (κ3) is 5.34. The Balaban J connectivity index is 3.24. The number of benzene rings is 1. The van der Waals surface area contributed by atoms with Crippen LogP contribution in [0.1, 0.15) is 94.9 Å². The average Bonchev–Trinajstić information content (AvgIpc) is 2.52. The van der Waals surface area contributed by atoms with Gasteiger partial charge in [0.25, 0.3) is 0 Å². The molecule has 0 aliphatic carbocycles. The van der Waals surface area contributed by atoms with Crippen LogP contribution in [0.2, 0.25) is 0 Å². The molecule has 0 bridgehead atoms. The highest BCUT2D eigenvalue weighted by Crippen LogP contribution is 2.33. The fourth-order valence-corrected chi connectivity index (χ4v) is 3.23. The second-order valence-corrected chi connectivity index (χ2v) is 6.56. The normalized spacial score (nSPS) is 11.1. The first kappa shape index (κ1) is 19.1. The van der Waals surface area contributed by atoms with E-state index in [-0.39, 0.29) is 0 Å². The maximum Gasteiger partial charge on any atom is 0.122 e. The Morgan fingerprint density at radius 3 is 1.73 bits per heavy atom. The Labute approximate surface area is 138 Å². The van der Waals surface area contributed by atoms with Crippen molar-refractivity contribution in [2.45, 2.75) is 98.3 Å². The van der Waals surface area contributed by atoms with E-state index in [9.17, 15) is 5.11 Å². The number of aromatic hydroxyl groups is 1. The second-order valence-electron chi connectivity index (χ2n) is 6.56. The predicted octanol–water partition coefficient (Wildman–Crippen LogP) is 6.37. The molecular weight excluding hydrogens is 268 g/mol. The van der Waals surface area contributed by atoms with E-state index in [1.54, 1.807) is 0 Å². The molecule has 0 atom stereocenters. The zero-order chi connectivity index (χ0) is 16.4. The Morgan fingerprint density at radius 1 is 0.636 bits per heavy atom. The Kier molecular flexibility index (Phi) is 9.27. The van der Waals surface area contributed by atoms with Crippen LogP contribution in [0.4, 0.5) is 0 Å². The molecule has 1 aromatic rings. The van der Waals surface area contributed by atoms with Gasteiger partial charge in [-0.3, -0.25) is 0 Å². The van der Waals surface area contributed by atoms with Crippen LogP contribution in [-0.2, 0) is 25.7 Å². The minimum atomic E-state index is 0.618. The van der Waals surface area contributed by atoms with E-state index >= 15 is 0 Å².